The highest BCUT2D eigenvalue weighted by Crippen LogP contribution is 2.16. The Bertz CT molecular complexity index is 263. The summed E-state index contributed by atoms with van der Waals surface area (Å²) in [5.41, 5.74) is 3.07. The van der Waals surface area contributed by atoms with Crippen molar-refractivity contribution in [2.75, 3.05) is 39.8 Å². The average Bonchev–Trinajstić information content (AvgIpc) is 2.32. The first-order valence-electron chi connectivity index (χ1n) is 6.64. The molecule has 2 aliphatic rings. The maximum atomic E-state index is 12.2. The molecule has 17 heavy (non-hydrogen) atoms. The number of carbonyl (C=O) groups is 1. The van der Waals surface area contributed by atoms with Gasteiger partial charge in [0, 0.05) is 32.2 Å². The second-order valence-electron chi connectivity index (χ2n) is 5.26. The van der Waals surface area contributed by atoms with E-state index in [1.54, 1.807) is 0 Å². The lowest BCUT2D eigenvalue weighted by molar-refractivity contribution is -0.132. The number of rotatable bonds is 2. The highest BCUT2D eigenvalue weighted by molar-refractivity contribution is 5.79. The van der Waals surface area contributed by atoms with Crippen molar-refractivity contribution in [3.63, 3.8) is 0 Å². The maximum Gasteiger partial charge on any atom is 0.238 e. The van der Waals surface area contributed by atoms with Crippen molar-refractivity contribution < 1.29 is 4.79 Å². The molecule has 2 aliphatic heterocycles. The lowest BCUT2D eigenvalue weighted by Gasteiger charge is -2.35. The van der Waals surface area contributed by atoms with E-state index < -0.39 is 0 Å². The van der Waals surface area contributed by atoms with Gasteiger partial charge in [0.25, 0.3) is 0 Å². The normalized spacial score (nSPS) is 32.4. The van der Waals surface area contributed by atoms with Gasteiger partial charge in [-0.3, -0.25) is 10.2 Å². The van der Waals surface area contributed by atoms with Crippen molar-refractivity contribution in [2.45, 2.75) is 25.8 Å². The van der Waals surface area contributed by atoms with Crippen molar-refractivity contribution in [1.82, 2.24) is 20.7 Å². The van der Waals surface area contributed by atoms with Crippen LogP contribution < -0.4 is 10.7 Å². The predicted molar refractivity (Wildman–Crippen MR) is 67.4 cm³/mol. The number of piperidine rings is 1. The monoisotopic (exact) mass is 240 g/mol. The van der Waals surface area contributed by atoms with Crippen LogP contribution in [0, 0.1) is 5.92 Å². The quantitative estimate of drug-likeness (QED) is 0.693. The van der Waals surface area contributed by atoms with Crippen molar-refractivity contribution in [2.24, 2.45) is 5.92 Å². The first kappa shape index (κ1) is 12.8. The minimum absolute atomic E-state index is 0.128. The van der Waals surface area contributed by atoms with Crippen LogP contribution in [0.25, 0.3) is 0 Å². The van der Waals surface area contributed by atoms with Gasteiger partial charge in [0.1, 0.15) is 0 Å². The summed E-state index contributed by atoms with van der Waals surface area (Å²) in [6, 6.07) is 0.302. The van der Waals surface area contributed by atoms with E-state index in [2.05, 4.69) is 34.6 Å². The van der Waals surface area contributed by atoms with Crippen LogP contribution in [-0.4, -0.2) is 61.6 Å². The number of likely N-dealkylation sites (N-methyl/N-ethyl adjacent to an activating group) is 1. The van der Waals surface area contributed by atoms with Crippen molar-refractivity contribution in [3.05, 3.63) is 0 Å². The van der Waals surface area contributed by atoms with Gasteiger partial charge in [-0.1, -0.05) is 0 Å². The Morgan fingerprint density at radius 1 is 1.29 bits per heavy atom. The summed E-state index contributed by atoms with van der Waals surface area (Å²) < 4.78 is 0. The maximum absolute atomic E-state index is 12.2. The van der Waals surface area contributed by atoms with E-state index in [-0.39, 0.29) is 11.8 Å². The molecule has 0 aromatic carbocycles. The smallest absolute Gasteiger partial charge is 0.238 e. The van der Waals surface area contributed by atoms with Crippen LogP contribution in [0.5, 0.6) is 0 Å². The number of amides is 1. The number of piperazine rings is 1. The van der Waals surface area contributed by atoms with Crippen molar-refractivity contribution >= 4 is 5.91 Å². The summed E-state index contributed by atoms with van der Waals surface area (Å²) in [4.78, 5) is 14.4. The fraction of sp³-hybridized carbons (Fsp3) is 0.917. The van der Waals surface area contributed by atoms with Crippen LogP contribution in [-0.2, 0) is 4.79 Å². The number of hydrogen-bond donors (Lipinski definition) is 2. The molecular weight excluding hydrogens is 216 g/mol. The molecule has 2 atom stereocenters. The Kier molecular flexibility index (Phi) is 4.36. The van der Waals surface area contributed by atoms with E-state index in [1.165, 1.54) is 0 Å². The van der Waals surface area contributed by atoms with Gasteiger partial charge in [0.05, 0.1) is 5.92 Å². The van der Waals surface area contributed by atoms with Crippen molar-refractivity contribution in [3.8, 4) is 0 Å². The SMILES string of the molecule is CC1NCCCC1C(=O)NN1CCN(C)CC1. The lowest BCUT2D eigenvalue weighted by Crippen LogP contribution is -2.56. The number of carbonyl (C=O) groups excluding carboxylic acids is 1. The highest BCUT2D eigenvalue weighted by Gasteiger charge is 2.28. The second kappa shape index (κ2) is 5.80. The van der Waals surface area contributed by atoms with Gasteiger partial charge in [-0.15, -0.1) is 0 Å². The summed E-state index contributed by atoms with van der Waals surface area (Å²) in [5.74, 6) is 0.317. The Hall–Kier alpha value is -0.650. The summed E-state index contributed by atoms with van der Waals surface area (Å²) >= 11 is 0. The topological polar surface area (TPSA) is 47.6 Å². The summed E-state index contributed by atoms with van der Waals surface area (Å²) in [7, 11) is 2.12. The fourth-order valence-electron chi connectivity index (χ4n) is 2.56. The third kappa shape index (κ3) is 3.40. The molecule has 2 unspecified atom stereocenters. The highest BCUT2D eigenvalue weighted by atomic mass is 16.2. The van der Waals surface area contributed by atoms with Gasteiger partial charge in [-0.25, -0.2) is 5.01 Å². The van der Waals surface area contributed by atoms with Gasteiger partial charge in [-0.05, 0) is 33.4 Å². The molecule has 2 fully saturated rings. The van der Waals surface area contributed by atoms with Gasteiger partial charge < -0.3 is 10.2 Å². The van der Waals surface area contributed by atoms with Crippen LogP contribution in [0.1, 0.15) is 19.8 Å². The number of hydrazine groups is 1. The zero-order valence-corrected chi connectivity index (χ0v) is 10.9. The Labute approximate surface area is 103 Å². The molecule has 2 N–H and O–H groups in total. The predicted octanol–water partition coefficient (Wildman–Crippen LogP) is -0.347. The molecule has 0 spiro atoms. The molecule has 0 radical (unpaired) electrons. The first-order valence-corrected chi connectivity index (χ1v) is 6.64. The molecule has 1 amide bonds. The molecule has 5 heteroatoms. The first-order chi connectivity index (χ1) is 8.16. The van der Waals surface area contributed by atoms with E-state index in [0.29, 0.717) is 6.04 Å². The molecule has 2 saturated heterocycles. The largest absolute Gasteiger partial charge is 0.313 e. The minimum atomic E-state index is 0.128. The van der Waals surface area contributed by atoms with E-state index >= 15 is 0 Å². The third-order valence-corrected chi connectivity index (χ3v) is 3.87. The standard InChI is InChI=1S/C12H24N4O/c1-10-11(4-3-5-13-10)12(17)14-16-8-6-15(2)7-9-16/h10-11,13H,3-9H2,1-2H3,(H,14,17). The van der Waals surface area contributed by atoms with Gasteiger partial charge in [-0.2, -0.15) is 0 Å². The molecule has 0 bridgehead atoms. The Balaban J connectivity index is 1.79. The van der Waals surface area contributed by atoms with Crippen LogP contribution in [0.2, 0.25) is 0 Å². The van der Waals surface area contributed by atoms with Gasteiger partial charge in [0.2, 0.25) is 5.91 Å². The molecule has 5 nitrogen and oxygen atoms in total. The molecule has 0 aromatic rings. The number of hydrogen-bond acceptors (Lipinski definition) is 4. The second-order valence-corrected chi connectivity index (χ2v) is 5.26. The molecule has 0 aromatic heterocycles. The van der Waals surface area contributed by atoms with Crippen LogP contribution in [0.3, 0.4) is 0 Å². The summed E-state index contributed by atoms with van der Waals surface area (Å²) in [6.07, 6.45) is 2.11. The van der Waals surface area contributed by atoms with Crippen LogP contribution in [0.4, 0.5) is 0 Å². The summed E-state index contributed by atoms with van der Waals surface area (Å²) in [6.45, 7) is 7.05. The minimum Gasteiger partial charge on any atom is -0.313 e. The molecule has 2 rings (SSSR count). The van der Waals surface area contributed by atoms with Crippen LogP contribution in [0.15, 0.2) is 0 Å². The summed E-state index contributed by atoms with van der Waals surface area (Å²) in [5, 5.41) is 5.43. The molecule has 0 aliphatic carbocycles. The molecular formula is C12H24N4O. The number of nitrogens with zero attached hydrogens (tertiary/aromatic N) is 2. The van der Waals surface area contributed by atoms with E-state index in [4.69, 9.17) is 0 Å². The van der Waals surface area contributed by atoms with E-state index in [0.717, 1.165) is 45.6 Å². The number of nitrogens with one attached hydrogen (secondary N) is 2. The zero-order chi connectivity index (χ0) is 12.3. The van der Waals surface area contributed by atoms with E-state index in [9.17, 15) is 4.79 Å². The van der Waals surface area contributed by atoms with Gasteiger partial charge in [0.15, 0.2) is 0 Å². The zero-order valence-electron chi connectivity index (χ0n) is 10.9. The Morgan fingerprint density at radius 3 is 2.65 bits per heavy atom. The third-order valence-electron chi connectivity index (χ3n) is 3.87. The lowest BCUT2D eigenvalue weighted by atomic mass is 9.91. The molecule has 0 saturated carbocycles. The Morgan fingerprint density at radius 2 is 2.00 bits per heavy atom. The van der Waals surface area contributed by atoms with E-state index in [1.807, 2.05) is 0 Å². The molecule has 2 heterocycles. The van der Waals surface area contributed by atoms with Crippen LogP contribution >= 0.6 is 0 Å². The van der Waals surface area contributed by atoms with Gasteiger partial charge >= 0.3 is 0 Å². The molecule has 98 valence electrons. The fourth-order valence-corrected chi connectivity index (χ4v) is 2.56. The van der Waals surface area contributed by atoms with Crippen molar-refractivity contribution in [1.29, 1.82) is 0 Å². The average molecular weight is 240 g/mol.